The van der Waals surface area contributed by atoms with E-state index in [0.717, 1.165) is 4.90 Å². The summed E-state index contributed by atoms with van der Waals surface area (Å²) in [6.07, 6.45) is -3.32. The summed E-state index contributed by atoms with van der Waals surface area (Å²) < 4.78 is 36.5. The number of aliphatic carboxylic acids is 1. The van der Waals surface area contributed by atoms with Crippen molar-refractivity contribution in [3.8, 4) is 0 Å². The zero-order chi connectivity index (χ0) is 12.1. The predicted octanol–water partition coefficient (Wildman–Crippen LogP) is 2.12. The minimum absolute atomic E-state index is 0.331. The van der Waals surface area contributed by atoms with E-state index < -0.39 is 25.2 Å². The van der Waals surface area contributed by atoms with E-state index in [-0.39, 0.29) is 6.04 Å². The van der Waals surface area contributed by atoms with Gasteiger partial charge in [-0.15, -0.1) is 0 Å². The number of carboxylic acid groups (broad SMARTS) is 1. The van der Waals surface area contributed by atoms with Gasteiger partial charge >= 0.3 is 12.1 Å². The van der Waals surface area contributed by atoms with Gasteiger partial charge in [0.1, 0.15) is 0 Å². The van der Waals surface area contributed by atoms with Crippen molar-refractivity contribution in [2.24, 2.45) is 0 Å². The van der Waals surface area contributed by atoms with Gasteiger partial charge in [0.25, 0.3) is 0 Å². The number of halogens is 3. The smallest absolute Gasteiger partial charge is 0.401 e. The van der Waals surface area contributed by atoms with Crippen molar-refractivity contribution < 1.29 is 23.1 Å². The van der Waals surface area contributed by atoms with E-state index in [1.807, 2.05) is 0 Å². The molecule has 15 heavy (non-hydrogen) atoms. The number of carbonyl (C=O) groups is 1. The van der Waals surface area contributed by atoms with Gasteiger partial charge in [-0.1, -0.05) is 13.8 Å². The first-order chi connectivity index (χ1) is 6.80. The highest BCUT2D eigenvalue weighted by Gasteiger charge is 2.33. The second-order valence-electron chi connectivity index (χ2n) is 3.38. The molecule has 0 saturated carbocycles. The average Bonchev–Trinajstić information content (AvgIpc) is 2.01. The van der Waals surface area contributed by atoms with E-state index in [1.165, 1.54) is 0 Å². The fraction of sp³-hybridized carbons (Fsp3) is 0.889. The zero-order valence-electron chi connectivity index (χ0n) is 8.84. The number of rotatable bonds is 6. The van der Waals surface area contributed by atoms with Gasteiger partial charge in [0, 0.05) is 6.04 Å². The molecule has 1 N–H and O–H groups in total. The molecule has 0 aromatic rings. The molecule has 0 aromatic carbocycles. The molecule has 0 radical (unpaired) electrons. The van der Waals surface area contributed by atoms with Gasteiger partial charge in [0.15, 0.2) is 0 Å². The van der Waals surface area contributed by atoms with Crippen LogP contribution >= 0.6 is 0 Å². The maximum atomic E-state index is 12.2. The van der Waals surface area contributed by atoms with Crippen molar-refractivity contribution >= 4 is 5.97 Å². The SMILES string of the molecule is CCC(CC)N(CC(=O)O)CC(F)(F)F. The summed E-state index contributed by atoms with van der Waals surface area (Å²) in [6.45, 7) is 1.77. The van der Waals surface area contributed by atoms with E-state index in [9.17, 15) is 18.0 Å². The summed E-state index contributed by atoms with van der Waals surface area (Å²) in [6, 6.07) is -0.331. The van der Waals surface area contributed by atoms with E-state index in [4.69, 9.17) is 5.11 Å². The minimum atomic E-state index is -4.35. The second-order valence-corrected chi connectivity index (χ2v) is 3.38. The summed E-state index contributed by atoms with van der Waals surface area (Å²) in [5.74, 6) is -1.23. The molecule has 0 aliphatic rings. The molecular formula is C9H16F3NO2. The number of hydrogen-bond acceptors (Lipinski definition) is 2. The third-order valence-corrected chi connectivity index (χ3v) is 2.18. The van der Waals surface area contributed by atoms with Crippen molar-refractivity contribution in [3.05, 3.63) is 0 Å². The van der Waals surface area contributed by atoms with Crippen LogP contribution in [0, 0.1) is 0 Å². The standard InChI is InChI=1S/C9H16F3NO2/c1-3-7(4-2)13(5-8(14)15)6-9(10,11)12/h7H,3-6H2,1-2H3,(H,14,15). The van der Waals surface area contributed by atoms with E-state index in [1.54, 1.807) is 13.8 Å². The highest BCUT2D eigenvalue weighted by molar-refractivity contribution is 5.69. The Kier molecular flexibility index (Phi) is 5.64. The van der Waals surface area contributed by atoms with Gasteiger partial charge in [0.05, 0.1) is 13.1 Å². The summed E-state index contributed by atoms with van der Waals surface area (Å²) in [4.78, 5) is 11.4. The maximum absolute atomic E-state index is 12.2. The van der Waals surface area contributed by atoms with Crippen LogP contribution < -0.4 is 0 Å². The molecular weight excluding hydrogens is 211 g/mol. The molecule has 0 aromatic heterocycles. The Morgan fingerprint density at radius 3 is 2.07 bits per heavy atom. The Labute approximate surface area is 86.9 Å². The van der Waals surface area contributed by atoms with Gasteiger partial charge in [-0.05, 0) is 12.8 Å². The molecule has 0 bridgehead atoms. The van der Waals surface area contributed by atoms with E-state index in [0.29, 0.717) is 12.8 Å². The Bertz CT molecular complexity index is 202. The Morgan fingerprint density at radius 1 is 1.33 bits per heavy atom. The van der Waals surface area contributed by atoms with Crippen LogP contribution in [0.2, 0.25) is 0 Å². The number of nitrogens with zero attached hydrogens (tertiary/aromatic N) is 1. The molecule has 0 heterocycles. The van der Waals surface area contributed by atoms with E-state index >= 15 is 0 Å². The van der Waals surface area contributed by atoms with Crippen molar-refractivity contribution in [1.29, 1.82) is 0 Å². The lowest BCUT2D eigenvalue weighted by Gasteiger charge is -2.29. The topological polar surface area (TPSA) is 40.5 Å². The predicted molar refractivity (Wildman–Crippen MR) is 49.6 cm³/mol. The molecule has 0 unspecified atom stereocenters. The Hall–Kier alpha value is -0.780. The minimum Gasteiger partial charge on any atom is -0.480 e. The van der Waals surface area contributed by atoms with Gasteiger partial charge in [-0.2, -0.15) is 13.2 Å². The monoisotopic (exact) mass is 227 g/mol. The third kappa shape index (κ3) is 6.33. The van der Waals surface area contributed by atoms with Crippen LogP contribution in [0.25, 0.3) is 0 Å². The first-order valence-corrected chi connectivity index (χ1v) is 4.82. The maximum Gasteiger partial charge on any atom is 0.401 e. The first kappa shape index (κ1) is 14.2. The van der Waals surface area contributed by atoms with Gasteiger partial charge in [-0.25, -0.2) is 0 Å². The van der Waals surface area contributed by atoms with Crippen LogP contribution in [0.4, 0.5) is 13.2 Å². The van der Waals surface area contributed by atoms with Crippen molar-refractivity contribution in [2.45, 2.75) is 38.9 Å². The molecule has 3 nitrogen and oxygen atoms in total. The Morgan fingerprint density at radius 2 is 1.80 bits per heavy atom. The van der Waals surface area contributed by atoms with Crippen LogP contribution in [0.3, 0.4) is 0 Å². The third-order valence-electron chi connectivity index (χ3n) is 2.18. The molecule has 0 fully saturated rings. The molecule has 0 saturated heterocycles. The fourth-order valence-corrected chi connectivity index (χ4v) is 1.52. The summed E-state index contributed by atoms with van der Waals surface area (Å²) in [5, 5.41) is 8.51. The van der Waals surface area contributed by atoms with Crippen LogP contribution in [0.1, 0.15) is 26.7 Å². The van der Waals surface area contributed by atoms with Crippen LogP contribution in [0.15, 0.2) is 0 Å². The number of alkyl halides is 3. The summed E-state index contributed by atoms with van der Waals surface area (Å²) >= 11 is 0. The van der Waals surface area contributed by atoms with Crippen LogP contribution in [0.5, 0.6) is 0 Å². The highest BCUT2D eigenvalue weighted by atomic mass is 19.4. The van der Waals surface area contributed by atoms with Crippen molar-refractivity contribution in [1.82, 2.24) is 4.90 Å². The lowest BCUT2D eigenvalue weighted by Crippen LogP contribution is -2.44. The van der Waals surface area contributed by atoms with Crippen LogP contribution in [-0.2, 0) is 4.79 Å². The van der Waals surface area contributed by atoms with E-state index in [2.05, 4.69) is 0 Å². The van der Waals surface area contributed by atoms with Gasteiger partial charge in [0.2, 0.25) is 0 Å². The molecule has 0 spiro atoms. The number of hydrogen-bond donors (Lipinski definition) is 1. The summed E-state index contributed by atoms with van der Waals surface area (Å²) in [5.41, 5.74) is 0. The molecule has 90 valence electrons. The molecule has 0 amide bonds. The lowest BCUT2D eigenvalue weighted by molar-refractivity contribution is -0.158. The molecule has 0 rings (SSSR count). The molecule has 0 aliphatic carbocycles. The lowest BCUT2D eigenvalue weighted by atomic mass is 10.1. The first-order valence-electron chi connectivity index (χ1n) is 4.82. The number of carboxylic acids is 1. The largest absolute Gasteiger partial charge is 0.480 e. The fourth-order valence-electron chi connectivity index (χ4n) is 1.52. The Balaban J connectivity index is 4.49. The van der Waals surface area contributed by atoms with Crippen molar-refractivity contribution in [2.75, 3.05) is 13.1 Å². The highest BCUT2D eigenvalue weighted by Crippen LogP contribution is 2.19. The second kappa shape index (κ2) is 5.95. The zero-order valence-corrected chi connectivity index (χ0v) is 8.84. The van der Waals surface area contributed by atoms with Crippen molar-refractivity contribution in [3.63, 3.8) is 0 Å². The summed E-state index contributed by atoms with van der Waals surface area (Å²) in [7, 11) is 0. The van der Waals surface area contributed by atoms with Gasteiger partial charge in [-0.3, -0.25) is 9.69 Å². The molecule has 6 heteroatoms. The molecule has 0 atom stereocenters. The van der Waals surface area contributed by atoms with Crippen LogP contribution in [-0.4, -0.2) is 41.3 Å². The average molecular weight is 227 g/mol. The normalized spacial score (nSPS) is 12.5. The van der Waals surface area contributed by atoms with Gasteiger partial charge < -0.3 is 5.11 Å². The quantitative estimate of drug-likeness (QED) is 0.755. The molecule has 0 aliphatic heterocycles.